The number of carbonyl (C=O) groups excluding carboxylic acids is 1. The Balaban J connectivity index is 2.75. The van der Waals surface area contributed by atoms with Gasteiger partial charge in [-0.1, -0.05) is 0 Å². The van der Waals surface area contributed by atoms with Gasteiger partial charge in [-0.05, 0) is 47.0 Å². The zero-order chi connectivity index (χ0) is 16.0. The molecule has 0 heterocycles. The summed E-state index contributed by atoms with van der Waals surface area (Å²) >= 11 is 3.10. The highest BCUT2D eigenvalue weighted by Crippen LogP contribution is 2.33. The van der Waals surface area contributed by atoms with Crippen LogP contribution in [0.4, 0.5) is 18.9 Å². The molecule has 0 fully saturated rings. The van der Waals surface area contributed by atoms with Gasteiger partial charge in [0.1, 0.15) is 0 Å². The molecule has 1 aromatic rings. The van der Waals surface area contributed by atoms with Crippen LogP contribution < -0.4 is 11.1 Å². The van der Waals surface area contributed by atoms with Crippen molar-refractivity contribution >= 4 is 27.5 Å². The first-order valence-electron chi connectivity index (χ1n) is 6.18. The van der Waals surface area contributed by atoms with E-state index in [0.29, 0.717) is 23.9 Å². The summed E-state index contributed by atoms with van der Waals surface area (Å²) in [6.07, 6.45) is -3.49. The zero-order valence-electron chi connectivity index (χ0n) is 11.3. The topological polar surface area (TPSA) is 64.3 Å². The third-order valence-electron chi connectivity index (χ3n) is 2.75. The van der Waals surface area contributed by atoms with E-state index in [0.717, 1.165) is 12.1 Å². The fourth-order valence-electron chi connectivity index (χ4n) is 1.60. The maximum atomic E-state index is 12.6. The molecule has 1 unspecified atom stereocenters. The summed E-state index contributed by atoms with van der Waals surface area (Å²) in [4.78, 5) is 11.8. The SMILES string of the molecule is COCCCC(N)C(=O)Nc1cc(C(F)(F)F)ccc1Br. The Labute approximate surface area is 129 Å². The van der Waals surface area contributed by atoms with E-state index in [1.165, 1.54) is 13.2 Å². The molecule has 0 bridgehead atoms. The average molecular weight is 369 g/mol. The van der Waals surface area contributed by atoms with E-state index in [1.54, 1.807) is 0 Å². The van der Waals surface area contributed by atoms with Gasteiger partial charge in [0, 0.05) is 18.2 Å². The molecule has 0 saturated heterocycles. The number of halogens is 4. The van der Waals surface area contributed by atoms with Gasteiger partial charge in [-0.3, -0.25) is 4.79 Å². The minimum Gasteiger partial charge on any atom is -0.385 e. The van der Waals surface area contributed by atoms with Gasteiger partial charge in [0.05, 0.1) is 17.3 Å². The Hall–Kier alpha value is -1.12. The summed E-state index contributed by atoms with van der Waals surface area (Å²) in [5.74, 6) is -0.536. The minimum atomic E-state index is -4.47. The van der Waals surface area contributed by atoms with Crippen LogP contribution in [0.3, 0.4) is 0 Å². The van der Waals surface area contributed by atoms with E-state index in [4.69, 9.17) is 10.5 Å². The van der Waals surface area contributed by atoms with Crippen LogP contribution in [0, 0.1) is 0 Å². The van der Waals surface area contributed by atoms with E-state index in [9.17, 15) is 18.0 Å². The maximum absolute atomic E-state index is 12.6. The van der Waals surface area contributed by atoms with Gasteiger partial charge in [0.2, 0.25) is 5.91 Å². The first-order chi connectivity index (χ1) is 9.75. The maximum Gasteiger partial charge on any atom is 0.416 e. The highest BCUT2D eigenvalue weighted by Gasteiger charge is 2.31. The second-order valence-electron chi connectivity index (χ2n) is 4.42. The van der Waals surface area contributed by atoms with E-state index in [1.807, 2.05) is 0 Å². The summed E-state index contributed by atoms with van der Waals surface area (Å²) in [5.41, 5.74) is 4.87. The molecule has 0 saturated carbocycles. The molecule has 4 nitrogen and oxygen atoms in total. The fraction of sp³-hybridized carbons (Fsp3) is 0.462. The summed E-state index contributed by atoms with van der Waals surface area (Å²) in [7, 11) is 1.53. The number of rotatable bonds is 6. The monoisotopic (exact) mass is 368 g/mol. The van der Waals surface area contributed by atoms with Gasteiger partial charge < -0.3 is 15.8 Å². The van der Waals surface area contributed by atoms with E-state index >= 15 is 0 Å². The van der Waals surface area contributed by atoms with Crippen LogP contribution in [0.1, 0.15) is 18.4 Å². The van der Waals surface area contributed by atoms with Gasteiger partial charge in [-0.2, -0.15) is 13.2 Å². The van der Waals surface area contributed by atoms with Crippen LogP contribution in [0.2, 0.25) is 0 Å². The normalized spacial score (nSPS) is 13.0. The second kappa shape index (κ2) is 7.77. The van der Waals surface area contributed by atoms with Crippen LogP contribution in [-0.4, -0.2) is 25.7 Å². The van der Waals surface area contributed by atoms with Crippen molar-refractivity contribution < 1.29 is 22.7 Å². The highest BCUT2D eigenvalue weighted by atomic mass is 79.9. The standard InChI is InChI=1S/C13H16BrF3N2O2/c1-21-6-2-3-10(18)12(20)19-11-7-8(13(15,16)17)4-5-9(11)14/h4-5,7,10H,2-3,6,18H2,1H3,(H,19,20). The van der Waals surface area contributed by atoms with Crippen LogP contribution in [0.5, 0.6) is 0 Å². The Kier molecular flexibility index (Phi) is 6.63. The zero-order valence-corrected chi connectivity index (χ0v) is 12.9. The molecule has 0 aliphatic heterocycles. The molecule has 3 N–H and O–H groups in total. The molecule has 1 amide bonds. The van der Waals surface area contributed by atoms with Gasteiger partial charge in [-0.25, -0.2) is 0 Å². The minimum absolute atomic E-state index is 0.0389. The summed E-state index contributed by atoms with van der Waals surface area (Å²) < 4.78 is 43.1. The van der Waals surface area contributed by atoms with Crippen molar-refractivity contribution in [3.8, 4) is 0 Å². The molecular weight excluding hydrogens is 353 g/mol. The fourth-order valence-corrected chi connectivity index (χ4v) is 1.95. The molecule has 1 aromatic carbocycles. The van der Waals surface area contributed by atoms with E-state index in [-0.39, 0.29) is 5.69 Å². The number of hydrogen-bond donors (Lipinski definition) is 2. The number of alkyl halides is 3. The Bertz CT molecular complexity index is 495. The van der Waals surface area contributed by atoms with Gasteiger partial charge in [0.25, 0.3) is 0 Å². The number of benzene rings is 1. The van der Waals surface area contributed by atoms with Gasteiger partial charge in [0.15, 0.2) is 0 Å². The number of hydrogen-bond acceptors (Lipinski definition) is 3. The number of ether oxygens (including phenoxy) is 1. The van der Waals surface area contributed by atoms with E-state index in [2.05, 4.69) is 21.2 Å². The second-order valence-corrected chi connectivity index (χ2v) is 5.28. The van der Waals surface area contributed by atoms with E-state index < -0.39 is 23.7 Å². The quantitative estimate of drug-likeness (QED) is 0.758. The van der Waals surface area contributed by atoms with Crippen LogP contribution >= 0.6 is 15.9 Å². The van der Waals surface area contributed by atoms with Crippen molar-refractivity contribution in [2.75, 3.05) is 19.0 Å². The lowest BCUT2D eigenvalue weighted by molar-refractivity contribution is -0.137. The Morgan fingerprint density at radius 2 is 2.14 bits per heavy atom. The Morgan fingerprint density at radius 1 is 1.48 bits per heavy atom. The molecule has 1 rings (SSSR count). The lowest BCUT2D eigenvalue weighted by Crippen LogP contribution is -2.35. The lowest BCUT2D eigenvalue weighted by atomic mass is 10.1. The number of carbonyl (C=O) groups is 1. The van der Waals surface area contributed by atoms with Crippen LogP contribution in [0.15, 0.2) is 22.7 Å². The lowest BCUT2D eigenvalue weighted by Gasteiger charge is -2.15. The molecule has 0 radical (unpaired) electrons. The van der Waals surface area contributed by atoms with Crippen molar-refractivity contribution in [1.29, 1.82) is 0 Å². The summed E-state index contributed by atoms with van der Waals surface area (Å²) in [5, 5.41) is 2.40. The number of amides is 1. The summed E-state index contributed by atoms with van der Waals surface area (Å²) in [6.45, 7) is 0.467. The van der Waals surface area contributed by atoms with Gasteiger partial charge in [-0.15, -0.1) is 0 Å². The first kappa shape index (κ1) is 17.9. The molecular formula is C13H16BrF3N2O2. The van der Waals surface area contributed by atoms with Gasteiger partial charge >= 0.3 is 6.18 Å². The predicted molar refractivity (Wildman–Crippen MR) is 76.9 cm³/mol. The number of anilines is 1. The van der Waals surface area contributed by atoms with Crippen molar-refractivity contribution in [2.24, 2.45) is 5.73 Å². The molecule has 0 aliphatic carbocycles. The summed E-state index contributed by atoms with van der Waals surface area (Å²) in [6, 6.07) is 2.22. The molecule has 0 aromatic heterocycles. The third kappa shape index (κ3) is 5.64. The smallest absolute Gasteiger partial charge is 0.385 e. The van der Waals surface area contributed by atoms with Crippen molar-refractivity contribution in [3.05, 3.63) is 28.2 Å². The predicted octanol–water partition coefficient (Wildman–Crippen LogP) is 3.16. The molecule has 21 heavy (non-hydrogen) atoms. The van der Waals surface area contributed by atoms with Crippen LogP contribution in [0.25, 0.3) is 0 Å². The molecule has 0 aliphatic rings. The van der Waals surface area contributed by atoms with Crippen molar-refractivity contribution in [3.63, 3.8) is 0 Å². The van der Waals surface area contributed by atoms with Crippen molar-refractivity contribution in [2.45, 2.75) is 25.1 Å². The van der Waals surface area contributed by atoms with Crippen LogP contribution in [-0.2, 0) is 15.7 Å². The van der Waals surface area contributed by atoms with Crippen molar-refractivity contribution in [1.82, 2.24) is 0 Å². The number of nitrogens with one attached hydrogen (secondary N) is 1. The molecule has 118 valence electrons. The largest absolute Gasteiger partial charge is 0.416 e. The molecule has 8 heteroatoms. The first-order valence-corrected chi connectivity index (χ1v) is 6.97. The Morgan fingerprint density at radius 3 is 2.71 bits per heavy atom. The number of nitrogens with two attached hydrogens (primary N) is 1. The highest BCUT2D eigenvalue weighted by molar-refractivity contribution is 9.10. The molecule has 0 spiro atoms. The number of methoxy groups -OCH3 is 1. The molecule has 1 atom stereocenters. The third-order valence-corrected chi connectivity index (χ3v) is 3.44. The average Bonchev–Trinajstić information content (AvgIpc) is 2.40.